The van der Waals surface area contributed by atoms with Gasteiger partial charge in [-0.3, -0.25) is 9.48 Å². The van der Waals surface area contributed by atoms with E-state index in [1.807, 2.05) is 53.3 Å². The SMILES string of the molecule is CN(CCOc1cccc(Cl)c1)C(=O)c1ccc(Cn2cccn2)cc1. The van der Waals surface area contributed by atoms with Gasteiger partial charge >= 0.3 is 0 Å². The molecule has 0 aliphatic rings. The van der Waals surface area contributed by atoms with Gasteiger partial charge in [-0.15, -0.1) is 0 Å². The molecule has 0 fully saturated rings. The third kappa shape index (κ3) is 4.86. The number of aromatic nitrogens is 2. The minimum atomic E-state index is -0.0367. The van der Waals surface area contributed by atoms with Crippen LogP contribution in [-0.2, 0) is 6.54 Å². The molecule has 26 heavy (non-hydrogen) atoms. The molecule has 134 valence electrons. The highest BCUT2D eigenvalue weighted by Crippen LogP contribution is 2.17. The lowest BCUT2D eigenvalue weighted by Gasteiger charge is -2.18. The highest BCUT2D eigenvalue weighted by Gasteiger charge is 2.11. The van der Waals surface area contributed by atoms with E-state index in [0.717, 1.165) is 5.56 Å². The monoisotopic (exact) mass is 369 g/mol. The van der Waals surface area contributed by atoms with Crippen molar-refractivity contribution >= 4 is 17.5 Å². The Labute approximate surface area is 157 Å². The summed E-state index contributed by atoms with van der Waals surface area (Å²) in [6.45, 7) is 1.57. The molecule has 0 radical (unpaired) electrons. The number of ether oxygens (including phenoxy) is 1. The second-order valence-corrected chi connectivity index (χ2v) is 6.37. The molecule has 3 aromatic rings. The second kappa shape index (κ2) is 8.54. The van der Waals surface area contributed by atoms with E-state index in [0.29, 0.717) is 36.0 Å². The number of amides is 1. The minimum absolute atomic E-state index is 0.0367. The molecule has 0 aliphatic heterocycles. The summed E-state index contributed by atoms with van der Waals surface area (Å²) in [6, 6.07) is 16.7. The summed E-state index contributed by atoms with van der Waals surface area (Å²) in [7, 11) is 1.77. The fourth-order valence-corrected chi connectivity index (χ4v) is 2.69. The summed E-state index contributed by atoms with van der Waals surface area (Å²) < 4.78 is 7.48. The first-order chi connectivity index (χ1) is 12.6. The largest absolute Gasteiger partial charge is 0.492 e. The van der Waals surface area contributed by atoms with Gasteiger partial charge in [0.2, 0.25) is 0 Å². The summed E-state index contributed by atoms with van der Waals surface area (Å²) in [5.74, 6) is 0.659. The van der Waals surface area contributed by atoms with Gasteiger partial charge in [-0.25, -0.2) is 0 Å². The van der Waals surface area contributed by atoms with Gasteiger partial charge in [0, 0.05) is 30.0 Å². The van der Waals surface area contributed by atoms with Crippen molar-refractivity contribution in [2.75, 3.05) is 20.2 Å². The van der Waals surface area contributed by atoms with Gasteiger partial charge in [0.15, 0.2) is 0 Å². The normalized spacial score (nSPS) is 10.5. The van der Waals surface area contributed by atoms with Crippen molar-refractivity contribution in [3.05, 3.63) is 83.1 Å². The number of carbonyl (C=O) groups is 1. The first-order valence-corrected chi connectivity index (χ1v) is 8.70. The van der Waals surface area contributed by atoms with Crippen LogP contribution >= 0.6 is 11.6 Å². The number of hydrogen-bond acceptors (Lipinski definition) is 3. The molecule has 0 saturated carbocycles. The van der Waals surface area contributed by atoms with Crippen LogP contribution in [0.3, 0.4) is 0 Å². The molecule has 0 bridgehead atoms. The zero-order valence-corrected chi connectivity index (χ0v) is 15.3. The number of rotatable bonds is 7. The van der Waals surface area contributed by atoms with Crippen LogP contribution in [0.4, 0.5) is 0 Å². The predicted molar refractivity (Wildman–Crippen MR) is 102 cm³/mol. The van der Waals surface area contributed by atoms with Crippen molar-refractivity contribution in [3.63, 3.8) is 0 Å². The van der Waals surface area contributed by atoms with E-state index in [1.165, 1.54) is 0 Å². The average Bonchev–Trinajstić information content (AvgIpc) is 3.15. The molecular formula is C20H20ClN3O2. The fraction of sp³-hybridized carbons (Fsp3) is 0.200. The summed E-state index contributed by atoms with van der Waals surface area (Å²) in [6.07, 6.45) is 3.66. The van der Waals surface area contributed by atoms with Gasteiger partial charge in [-0.2, -0.15) is 5.10 Å². The molecular weight excluding hydrogens is 350 g/mol. The van der Waals surface area contributed by atoms with Gasteiger partial charge in [0.1, 0.15) is 12.4 Å². The van der Waals surface area contributed by atoms with Crippen molar-refractivity contribution in [1.82, 2.24) is 14.7 Å². The molecule has 0 spiro atoms. The lowest BCUT2D eigenvalue weighted by atomic mass is 10.1. The first-order valence-electron chi connectivity index (χ1n) is 8.32. The third-order valence-electron chi connectivity index (χ3n) is 3.94. The Morgan fingerprint density at radius 3 is 2.69 bits per heavy atom. The molecule has 0 saturated heterocycles. The molecule has 3 rings (SSSR count). The lowest BCUT2D eigenvalue weighted by molar-refractivity contribution is 0.0774. The van der Waals surface area contributed by atoms with E-state index < -0.39 is 0 Å². The number of hydrogen-bond donors (Lipinski definition) is 0. The van der Waals surface area contributed by atoms with Crippen LogP contribution in [0.2, 0.25) is 5.02 Å². The van der Waals surface area contributed by atoms with Crippen LogP contribution in [0.25, 0.3) is 0 Å². The standard InChI is InChI=1S/C20H20ClN3O2/c1-23(12-13-26-19-5-2-4-18(21)14-19)20(25)17-8-6-16(7-9-17)15-24-11-3-10-22-24/h2-11,14H,12-13,15H2,1H3. The van der Waals surface area contributed by atoms with Gasteiger partial charge in [-0.1, -0.05) is 29.8 Å². The lowest BCUT2D eigenvalue weighted by Crippen LogP contribution is -2.30. The molecule has 1 aromatic heterocycles. The zero-order chi connectivity index (χ0) is 18.4. The van der Waals surface area contributed by atoms with E-state index >= 15 is 0 Å². The fourth-order valence-electron chi connectivity index (χ4n) is 2.51. The molecule has 0 atom stereocenters. The highest BCUT2D eigenvalue weighted by atomic mass is 35.5. The van der Waals surface area contributed by atoms with Crippen LogP contribution < -0.4 is 4.74 Å². The topological polar surface area (TPSA) is 47.4 Å². The van der Waals surface area contributed by atoms with Crippen molar-refractivity contribution in [2.24, 2.45) is 0 Å². The predicted octanol–water partition coefficient (Wildman–Crippen LogP) is 3.74. The van der Waals surface area contributed by atoms with Crippen molar-refractivity contribution < 1.29 is 9.53 Å². The average molecular weight is 370 g/mol. The smallest absolute Gasteiger partial charge is 0.253 e. The molecule has 1 amide bonds. The molecule has 5 nitrogen and oxygen atoms in total. The van der Waals surface area contributed by atoms with Crippen molar-refractivity contribution in [1.29, 1.82) is 0 Å². The molecule has 0 unspecified atom stereocenters. The van der Waals surface area contributed by atoms with Crippen molar-refractivity contribution in [3.8, 4) is 5.75 Å². The Kier molecular flexibility index (Phi) is 5.92. The van der Waals surface area contributed by atoms with Crippen LogP contribution in [0.1, 0.15) is 15.9 Å². The maximum Gasteiger partial charge on any atom is 0.253 e. The van der Waals surface area contributed by atoms with Gasteiger partial charge in [0.25, 0.3) is 5.91 Å². The number of nitrogens with zero attached hydrogens (tertiary/aromatic N) is 3. The Bertz CT molecular complexity index is 848. The van der Waals surface area contributed by atoms with Crippen LogP contribution in [0.5, 0.6) is 5.75 Å². The Morgan fingerprint density at radius 2 is 2.00 bits per heavy atom. The van der Waals surface area contributed by atoms with Crippen LogP contribution in [0, 0.1) is 0 Å². The number of benzene rings is 2. The molecule has 0 N–H and O–H groups in total. The maximum absolute atomic E-state index is 12.5. The molecule has 2 aromatic carbocycles. The molecule has 1 heterocycles. The Morgan fingerprint density at radius 1 is 1.19 bits per heavy atom. The highest BCUT2D eigenvalue weighted by molar-refractivity contribution is 6.30. The number of carbonyl (C=O) groups excluding carboxylic acids is 1. The van der Waals surface area contributed by atoms with Crippen LogP contribution in [-0.4, -0.2) is 40.8 Å². The maximum atomic E-state index is 12.5. The van der Waals surface area contributed by atoms with Gasteiger partial charge in [-0.05, 0) is 42.0 Å². The second-order valence-electron chi connectivity index (χ2n) is 5.93. The minimum Gasteiger partial charge on any atom is -0.492 e. The van der Waals surface area contributed by atoms with E-state index in [4.69, 9.17) is 16.3 Å². The summed E-state index contributed by atoms with van der Waals surface area (Å²) in [5, 5.41) is 4.81. The summed E-state index contributed by atoms with van der Waals surface area (Å²) in [4.78, 5) is 14.1. The first kappa shape index (κ1) is 18.0. The zero-order valence-electron chi connectivity index (χ0n) is 14.5. The van der Waals surface area contributed by atoms with E-state index in [1.54, 1.807) is 30.3 Å². The van der Waals surface area contributed by atoms with Crippen LogP contribution in [0.15, 0.2) is 67.0 Å². The van der Waals surface area contributed by atoms with Crippen molar-refractivity contribution in [2.45, 2.75) is 6.54 Å². The van der Waals surface area contributed by atoms with E-state index in [2.05, 4.69) is 5.10 Å². The van der Waals surface area contributed by atoms with E-state index in [-0.39, 0.29) is 5.91 Å². The van der Waals surface area contributed by atoms with E-state index in [9.17, 15) is 4.79 Å². The molecule has 0 aliphatic carbocycles. The molecule has 6 heteroatoms. The Hall–Kier alpha value is -2.79. The van der Waals surface area contributed by atoms with Gasteiger partial charge in [0.05, 0.1) is 13.1 Å². The quantitative estimate of drug-likeness (QED) is 0.637. The number of likely N-dealkylation sites (N-methyl/N-ethyl adjacent to an activating group) is 1. The Balaban J connectivity index is 1.51. The van der Waals surface area contributed by atoms with Gasteiger partial charge < -0.3 is 9.64 Å². The summed E-state index contributed by atoms with van der Waals surface area (Å²) in [5.41, 5.74) is 1.75. The number of halogens is 1. The third-order valence-corrected chi connectivity index (χ3v) is 4.18. The summed E-state index contributed by atoms with van der Waals surface area (Å²) >= 11 is 5.92.